The quantitative estimate of drug-likeness (QED) is 0.430. The Kier molecular flexibility index (Phi) is 5.64. The third kappa shape index (κ3) is 3.54. The maximum absolute atomic E-state index is 13.0. The number of hydrazone groups is 1. The normalized spacial score (nSPS) is 18.8. The minimum absolute atomic E-state index is 0.262. The summed E-state index contributed by atoms with van der Waals surface area (Å²) in [7, 11) is 1.53. The van der Waals surface area contributed by atoms with Crippen LogP contribution in [0, 0.1) is 13.8 Å². The van der Waals surface area contributed by atoms with E-state index in [1.165, 1.54) is 13.3 Å². The van der Waals surface area contributed by atoms with Crippen LogP contribution in [-0.2, 0) is 15.1 Å². The molecule has 1 aromatic carbocycles. The molecule has 0 spiro atoms. The van der Waals surface area contributed by atoms with Crippen molar-refractivity contribution < 1.29 is 23.9 Å². The number of aryl methyl sites for hydroxylation is 1. The molecule has 1 aliphatic rings. The van der Waals surface area contributed by atoms with Crippen molar-refractivity contribution in [2.45, 2.75) is 33.2 Å². The fourth-order valence-corrected chi connectivity index (χ4v) is 3.39. The predicted octanol–water partition coefficient (Wildman–Crippen LogP) is 2.62. The fourth-order valence-electron chi connectivity index (χ4n) is 3.39. The molecule has 30 heavy (non-hydrogen) atoms. The number of carbonyl (C=O) groups is 3. The van der Waals surface area contributed by atoms with Crippen molar-refractivity contribution in [2.24, 2.45) is 5.10 Å². The van der Waals surface area contributed by atoms with Crippen molar-refractivity contribution in [3.05, 3.63) is 52.3 Å². The second-order valence-corrected chi connectivity index (χ2v) is 7.03. The molecule has 2 N–H and O–H groups in total. The number of amides is 3. The number of nitrogens with zero attached hydrogens (tertiary/aromatic N) is 2. The van der Waals surface area contributed by atoms with E-state index in [-0.39, 0.29) is 6.61 Å². The van der Waals surface area contributed by atoms with Gasteiger partial charge in [-0.25, -0.2) is 9.59 Å². The van der Waals surface area contributed by atoms with Crippen molar-refractivity contribution in [2.75, 3.05) is 13.7 Å². The first kappa shape index (κ1) is 21.1. The van der Waals surface area contributed by atoms with E-state index < -0.39 is 23.4 Å². The van der Waals surface area contributed by atoms with Crippen molar-refractivity contribution in [1.29, 1.82) is 0 Å². The number of nitrogens with one attached hydrogen (secondary N) is 2. The molecule has 1 atom stereocenters. The maximum atomic E-state index is 13.0. The number of hydrogen-bond acceptors (Lipinski definition) is 6. The summed E-state index contributed by atoms with van der Waals surface area (Å²) >= 11 is 0. The fraction of sp³-hybridized carbons (Fsp3) is 0.333. The first-order valence-electron chi connectivity index (χ1n) is 9.44. The molecule has 0 bridgehead atoms. The minimum atomic E-state index is -1.28. The van der Waals surface area contributed by atoms with Crippen LogP contribution >= 0.6 is 0 Å². The first-order valence-corrected chi connectivity index (χ1v) is 9.44. The van der Waals surface area contributed by atoms with Crippen molar-refractivity contribution in [1.82, 2.24) is 15.3 Å². The number of rotatable bonds is 6. The Labute approximate surface area is 174 Å². The molecular formula is C21H24N4O5. The molecule has 9 nitrogen and oxygen atoms in total. The average molecular weight is 412 g/mol. The molecule has 0 unspecified atom stereocenters. The lowest BCUT2D eigenvalue weighted by Gasteiger charge is -2.21. The van der Waals surface area contributed by atoms with Gasteiger partial charge >= 0.3 is 12.0 Å². The predicted molar refractivity (Wildman–Crippen MR) is 110 cm³/mol. The smallest absolute Gasteiger partial charge is 0.346 e. The van der Waals surface area contributed by atoms with Crippen molar-refractivity contribution >= 4 is 24.1 Å². The lowest BCUT2D eigenvalue weighted by atomic mass is 9.92. The summed E-state index contributed by atoms with van der Waals surface area (Å²) in [6.07, 6.45) is 1.35. The van der Waals surface area contributed by atoms with Crippen LogP contribution in [0.2, 0.25) is 0 Å². The number of urea groups is 1. The highest BCUT2D eigenvalue weighted by Gasteiger charge is 2.49. The van der Waals surface area contributed by atoms with Gasteiger partial charge in [0.25, 0.3) is 5.91 Å². The van der Waals surface area contributed by atoms with Gasteiger partial charge in [-0.3, -0.25) is 4.79 Å². The molecule has 0 aliphatic carbocycles. The number of hydrogen-bond donors (Lipinski definition) is 2. The number of esters is 1. The lowest BCUT2D eigenvalue weighted by molar-refractivity contribution is -0.131. The van der Waals surface area contributed by atoms with Gasteiger partial charge in [-0.05, 0) is 51.0 Å². The van der Waals surface area contributed by atoms with Gasteiger partial charge in [0.05, 0.1) is 31.2 Å². The molecule has 1 aromatic heterocycles. The monoisotopic (exact) mass is 412 g/mol. The van der Waals surface area contributed by atoms with Crippen LogP contribution in [0.5, 0.6) is 5.75 Å². The maximum Gasteiger partial charge on any atom is 0.346 e. The van der Waals surface area contributed by atoms with E-state index >= 15 is 0 Å². The zero-order chi connectivity index (χ0) is 22.1. The second-order valence-electron chi connectivity index (χ2n) is 7.03. The molecular weight excluding hydrogens is 388 g/mol. The largest absolute Gasteiger partial charge is 0.497 e. The van der Waals surface area contributed by atoms with Crippen molar-refractivity contribution in [3.8, 4) is 5.75 Å². The molecule has 158 valence electrons. The summed E-state index contributed by atoms with van der Waals surface area (Å²) in [6, 6.07) is 6.27. The van der Waals surface area contributed by atoms with E-state index in [0.29, 0.717) is 33.8 Å². The van der Waals surface area contributed by atoms with Crippen molar-refractivity contribution in [3.63, 3.8) is 0 Å². The van der Waals surface area contributed by atoms with E-state index in [1.807, 2.05) is 0 Å². The molecule has 1 saturated heterocycles. The lowest BCUT2D eigenvalue weighted by Crippen LogP contribution is -2.40. The Balaban J connectivity index is 1.88. The van der Waals surface area contributed by atoms with Crippen LogP contribution in [0.15, 0.2) is 29.4 Å². The summed E-state index contributed by atoms with van der Waals surface area (Å²) in [6.45, 7) is 7.08. The molecule has 0 radical (unpaired) electrons. The van der Waals surface area contributed by atoms with Gasteiger partial charge < -0.3 is 19.8 Å². The van der Waals surface area contributed by atoms with Crippen LogP contribution in [0.3, 0.4) is 0 Å². The minimum Gasteiger partial charge on any atom is -0.497 e. The topological polar surface area (TPSA) is 113 Å². The van der Waals surface area contributed by atoms with Crippen LogP contribution in [0.4, 0.5) is 4.79 Å². The molecule has 3 rings (SSSR count). The Morgan fingerprint density at radius 2 is 2.03 bits per heavy atom. The van der Waals surface area contributed by atoms with Gasteiger partial charge in [0.2, 0.25) is 0 Å². The molecule has 1 aliphatic heterocycles. The highest BCUT2D eigenvalue weighted by Crippen LogP contribution is 2.31. The molecule has 2 aromatic rings. The molecule has 2 heterocycles. The molecule has 1 fully saturated rings. The summed E-state index contributed by atoms with van der Waals surface area (Å²) in [4.78, 5) is 40.6. The molecule has 3 amide bonds. The Hall–Kier alpha value is -3.62. The van der Waals surface area contributed by atoms with Crippen LogP contribution < -0.4 is 10.1 Å². The van der Waals surface area contributed by atoms with Gasteiger partial charge in [0.1, 0.15) is 11.3 Å². The number of methoxy groups -OCH3 is 1. The standard InChI is InChI=1S/C21H24N4O5/c1-6-30-18(26)17-12(2)16(23-13(17)3)11-22-25-19(27)21(4,24-20(25)28)14-8-7-9-15(10-14)29-5/h7-11,23H,6H2,1-5H3,(H,24,28)/b22-11+/t21-/m0/s1. The number of imide groups is 1. The Morgan fingerprint density at radius 1 is 1.30 bits per heavy atom. The Bertz CT molecular complexity index is 1040. The zero-order valence-electron chi connectivity index (χ0n) is 17.5. The zero-order valence-corrected chi connectivity index (χ0v) is 17.5. The van der Waals surface area contributed by atoms with Gasteiger partial charge in [0, 0.05) is 5.69 Å². The Morgan fingerprint density at radius 3 is 2.70 bits per heavy atom. The third-order valence-electron chi connectivity index (χ3n) is 5.07. The molecule has 0 saturated carbocycles. The number of benzene rings is 1. The van der Waals surface area contributed by atoms with E-state index in [2.05, 4.69) is 15.4 Å². The summed E-state index contributed by atoms with van der Waals surface area (Å²) in [5, 5.41) is 7.53. The van der Waals surface area contributed by atoms with E-state index in [4.69, 9.17) is 9.47 Å². The number of aromatic nitrogens is 1. The second kappa shape index (κ2) is 8.02. The van der Waals surface area contributed by atoms with E-state index in [9.17, 15) is 14.4 Å². The van der Waals surface area contributed by atoms with Crippen LogP contribution in [-0.4, -0.2) is 47.8 Å². The van der Waals surface area contributed by atoms with Crippen LogP contribution in [0.25, 0.3) is 0 Å². The summed E-state index contributed by atoms with van der Waals surface area (Å²) in [5.41, 5.74) is 1.46. The number of ether oxygens (including phenoxy) is 2. The van der Waals surface area contributed by atoms with Gasteiger partial charge in [0.15, 0.2) is 0 Å². The van der Waals surface area contributed by atoms with E-state index in [0.717, 1.165) is 5.01 Å². The highest BCUT2D eigenvalue weighted by molar-refractivity contribution is 6.07. The average Bonchev–Trinajstić information content (AvgIpc) is 3.12. The number of H-pyrrole nitrogens is 1. The van der Waals surface area contributed by atoms with E-state index in [1.54, 1.807) is 52.0 Å². The molecule has 9 heteroatoms. The van der Waals surface area contributed by atoms with Gasteiger partial charge in [-0.1, -0.05) is 12.1 Å². The summed E-state index contributed by atoms with van der Waals surface area (Å²) < 4.78 is 10.3. The highest BCUT2D eigenvalue weighted by atomic mass is 16.5. The van der Waals surface area contributed by atoms with Crippen LogP contribution in [0.1, 0.15) is 46.7 Å². The SMILES string of the molecule is CCOC(=O)c1c(C)[nH]c(/C=N/N2C(=O)N[C@@](C)(c3cccc(OC)c3)C2=O)c1C. The third-order valence-corrected chi connectivity index (χ3v) is 5.07. The number of aromatic amines is 1. The van der Waals surface area contributed by atoms with Gasteiger partial charge in [-0.2, -0.15) is 5.10 Å². The summed E-state index contributed by atoms with van der Waals surface area (Å²) in [5.74, 6) is -0.394. The first-order chi connectivity index (χ1) is 14.2. The number of carbonyl (C=O) groups excluding carboxylic acids is 3. The van der Waals surface area contributed by atoms with Gasteiger partial charge in [-0.15, -0.1) is 5.01 Å².